The smallest absolute Gasteiger partial charge is 0.338 e. The van der Waals surface area contributed by atoms with Crippen molar-refractivity contribution in [1.82, 2.24) is 10.6 Å². The Morgan fingerprint density at radius 1 is 1.26 bits per heavy atom. The number of urea groups is 1. The molecule has 6 heteroatoms. The van der Waals surface area contributed by atoms with Gasteiger partial charge in [0.25, 0.3) is 0 Å². The van der Waals surface area contributed by atoms with Crippen molar-refractivity contribution in [1.29, 1.82) is 0 Å². The Balaban J connectivity index is 2.20. The van der Waals surface area contributed by atoms with Crippen molar-refractivity contribution in [3.8, 4) is 0 Å². The van der Waals surface area contributed by atoms with E-state index in [2.05, 4.69) is 33.5 Å². The fraction of sp³-hybridized carbons (Fsp3) is 0.412. The van der Waals surface area contributed by atoms with E-state index in [4.69, 9.17) is 4.74 Å². The van der Waals surface area contributed by atoms with Crippen molar-refractivity contribution in [2.24, 2.45) is 0 Å². The maximum atomic E-state index is 12.4. The number of amides is 2. The highest BCUT2D eigenvalue weighted by molar-refractivity contribution is 9.10. The molecule has 1 aliphatic rings. The monoisotopic (exact) mass is 380 g/mol. The average molecular weight is 381 g/mol. The Morgan fingerprint density at radius 2 is 1.96 bits per heavy atom. The predicted molar refractivity (Wildman–Crippen MR) is 91.7 cm³/mol. The van der Waals surface area contributed by atoms with Gasteiger partial charge in [-0.25, -0.2) is 9.59 Å². The zero-order valence-corrected chi connectivity index (χ0v) is 14.9. The first kappa shape index (κ1) is 17.5. The second-order valence-corrected chi connectivity index (χ2v) is 6.38. The Morgan fingerprint density at radius 3 is 2.61 bits per heavy atom. The third kappa shape index (κ3) is 4.58. The Kier molecular flexibility index (Phi) is 6.21. The van der Waals surface area contributed by atoms with Gasteiger partial charge in [-0.2, -0.15) is 0 Å². The first-order valence-electron chi connectivity index (χ1n) is 7.73. The molecule has 23 heavy (non-hydrogen) atoms. The van der Waals surface area contributed by atoms with E-state index in [1.807, 2.05) is 24.3 Å². The highest BCUT2D eigenvalue weighted by atomic mass is 79.9. The van der Waals surface area contributed by atoms with Gasteiger partial charge in [-0.3, -0.25) is 0 Å². The van der Waals surface area contributed by atoms with Crippen molar-refractivity contribution in [2.45, 2.75) is 39.2 Å². The zero-order chi connectivity index (χ0) is 16.8. The Bertz CT molecular complexity index is 611. The molecule has 1 heterocycles. The van der Waals surface area contributed by atoms with Gasteiger partial charge in [-0.05, 0) is 31.0 Å². The highest BCUT2D eigenvalue weighted by Crippen LogP contribution is 2.28. The molecule has 2 amide bonds. The molecular weight excluding hydrogens is 360 g/mol. The van der Waals surface area contributed by atoms with Gasteiger partial charge in [0.1, 0.15) is 0 Å². The minimum atomic E-state index is -0.504. The van der Waals surface area contributed by atoms with Crippen LogP contribution in [0.3, 0.4) is 0 Å². The summed E-state index contributed by atoms with van der Waals surface area (Å²) in [5.41, 5.74) is 1.81. The summed E-state index contributed by atoms with van der Waals surface area (Å²) in [6.07, 6.45) is 2.94. The molecule has 2 N–H and O–H groups in total. The molecule has 0 aliphatic carbocycles. The summed E-state index contributed by atoms with van der Waals surface area (Å²) in [5, 5.41) is 5.43. The van der Waals surface area contributed by atoms with Gasteiger partial charge in [0.05, 0.1) is 18.2 Å². The van der Waals surface area contributed by atoms with E-state index in [-0.39, 0.29) is 12.0 Å². The number of allylic oxidation sites excluding steroid dienone is 1. The standard InChI is InChI=1S/C17H21BrN2O3/c1-3-4-5-10-23-16(21)14-11(2)19-17(22)20-15(14)12-6-8-13(18)9-7-12/h6-9,15H,3-5,10H2,1-2H3,(H2,19,20,22)/t15-/m0/s1. The van der Waals surface area contributed by atoms with Crippen LogP contribution in [0.1, 0.15) is 44.7 Å². The first-order chi connectivity index (χ1) is 11.0. The lowest BCUT2D eigenvalue weighted by atomic mass is 9.96. The minimum absolute atomic E-state index is 0.321. The number of halogens is 1. The lowest BCUT2D eigenvalue weighted by Crippen LogP contribution is -2.45. The molecular formula is C17H21BrN2O3. The van der Waals surface area contributed by atoms with Crippen LogP contribution in [0.5, 0.6) is 0 Å². The van der Waals surface area contributed by atoms with Gasteiger partial charge in [0, 0.05) is 10.2 Å². The van der Waals surface area contributed by atoms with Gasteiger partial charge < -0.3 is 15.4 Å². The van der Waals surface area contributed by atoms with Crippen LogP contribution >= 0.6 is 15.9 Å². The predicted octanol–water partition coefficient (Wildman–Crippen LogP) is 3.81. The van der Waals surface area contributed by atoms with Crippen molar-refractivity contribution in [2.75, 3.05) is 6.61 Å². The van der Waals surface area contributed by atoms with Gasteiger partial charge in [-0.15, -0.1) is 0 Å². The second kappa shape index (κ2) is 8.15. The Labute approximate surface area is 144 Å². The fourth-order valence-electron chi connectivity index (χ4n) is 2.46. The minimum Gasteiger partial charge on any atom is -0.462 e. The number of hydrogen-bond acceptors (Lipinski definition) is 3. The molecule has 0 spiro atoms. The van der Waals surface area contributed by atoms with E-state index in [1.54, 1.807) is 6.92 Å². The summed E-state index contributed by atoms with van der Waals surface area (Å²) in [6, 6.07) is 6.68. The van der Waals surface area contributed by atoms with E-state index in [9.17, 15) is 9.59 Å². The molecule has 2 rings (SSSR count). The number of rotatable bonds is 6. The summed E-state index contributed by atoms with van der Waals surface area (Å²) in [7, 11) is 0. The lowest BCUT2D eigenvalue weighted by Gasteiger charge is -2.28. The molecule has 0 unspecified atom stereocenters. The quantitative estimate of drug-likeness (QED) is 0.582. The average Bonchev–Trinajstić information content (AvgIpc) is 2.51. The van der Waals surface area contributed by atoms with Crippen LogP contribution in [-0.2, 0) is 9.53 Å². The van der Waals surface area contributed by atoms with E-state index in [0.29, 0.717) is 17.9 Å². The van der Waals surface area contributed by atoms with Crippen LogP contribution in [0.4, 0.5) is 4.79 Å². The van der Waals surface area contributed by atoms with Gasteiger partial charge >= 0.3 is 12.0 Å². The number of unbranched alkanes of at least 4 members (excludes halogenated alkanes) is 2. The third-order valence-corrected chi connectivity index (χ3v) is 4.20. The topological polar surface area (TPSA) is 67.4 Å². The maximum Gasteiger partial charge on any atom is 0.338 e. The molecule has 1 aromatic rings. The number of hydrogen-bond donors (Lipinski definition) is 2. The summed E-state index contributed by atoms with van der Waals surface area (Å²) in [4.78, 5) is 24.2. The SMILES string of the molecule is CCCCCOC(=O)C1=C(C)NC(=O)N[C@H]1c1ccc(Br)cc1. The summed E-state index contributed by atoms with van der Waals surface area (Å²) < 4.78 is 6.30. The number of esters is 1. The zero-order valence-electron chi connectivity index (χ0n) is 13.3. The molecule has 0 bridgehead atoms. The largest absolute Gasteiger partial charge is 0.462 e. The molecule has 5 nitrogen and oxygen atoms in total. The summed E-state index contributed by atoms with van der Waals surface area (Å²) >= 11 is 3.38. The molecule has 0 saturated heterocycles. The normalized spacial score (nSPS) is 17.5. The molecule has 0 saturated carbocycles. The van der Waals surface area contributed by atoms with Crippen LogP contribution in [-0.4, -0.2) is 18.6 Å². The molecule has 124 valence electrons. The molecule has 1 aromatic carbocycles. The number of carbonyl (C=O) groups is 2. The fourth-order valence-corrected chi connectivity index (χ4v) is 2.73. The first-order valence-corrected chi connectivity index (χ1v) is 8.53. The maximum absolute atomic E-state index is 12.4. The van der Waals surface area contributed by atoms with Crippen LogP contribution in [0, 0.1) is 0 Å². The second-order valence-electron chi connectivity index (χ2n) is 5.46. The van der Waals surface area contributed by atoms with Gasteiger partial charge in [-0.1, -0.05) is 47.8 Å². The van der Waals surface area contributed by atoms with Crippen molar-refractivity contribution >= 4 is 27.9 Å². The lowest BCUT2D eigenvalue weighted by molar-refractivity contribution is -0.139. The number of benzene rings is 1. The van der Waals surface area contributed by atoms with Crippen molar-refractivity contribution in [3.05, 3.63) is 45.6 Å². The summed E-state index contributed by atoms with van der Waals surface area (Å²) in [5.74, 6) is -0.390. The molecule has 1 atom stereocenters. The molecule has 0 radical (unpaired) electrons. The van der Waals surface area contributed by atoms with E-state index in [0.717, 1.165) is 29.3 Å². The van der Waals surface area contributed by atoms with Crippen LogP contribution in [0.15, 0.2) is 40.0 Å². The van der Waals surface area contributed by atoms with Crippen molar-refractivity contribution < 1.29 is 14.3 Å². The van der Waals surface area contributed by atoms with E-state index >= 15 is 0 Å². The molecule has 0 aromatic heterocycles. The van der Waals surface area contributed by atoms with Crippen molar-refractivity contribution in [3.63, 3.8) is 0 Å². The van der Waals surface area contributed by atoms with Crippen LogP contribution in [0.2, 0.25) is 0 Å². The van der Waals surface area contributed by atoms with Gasteiger partial charge in [0.2, 0.25) is 0 Å². The number of ether oxygens (including phenoxy) is 1. The van der Waals surface area contributed by atoms with E-state index < -0.39 is 6.04 Å². The summed E-state index contributed by atoms with van der Waals surface area (Å²) in [6.45, 7) is 4.20. The third-order valence-electron chi connectivity index (χ3n) is 3.67. The molecule has 0 fully saturated rings. The highest BCUT2D eigenvalue weighted by Gasteiger charge is 2.32. The number of nitrogens with one attached hydrogen (secondary N) is 2. The van der Waals surface area contributed by atoms with Crippen LogP contribution < -0.4 is 10.6 Å². The van der Waals surface area contributed by atoms with E-state index in [1.165, 1.54) is 0 Å². The Hall–Kier alpha value is -1.82. The van der Waals surface area contributed by atoms with Gasteiger partial charge in [0.15, 0.2) is 0 Å². The van der Waals surface area contributed by atoms with Crippen LogP contribution in [0.25, 0.3) is 0 Å². The molecule has 1 aliphatic heterocycles. The number of carbonyl (C=O) groups excluding carboxylic acids is 2.